The van der Waals surface area contributed by atoms with Crippen LogP contribution in [0.1, 0.15) is 19.4 Å². The summed E-state index contributed by atoms with van der Waals surface area (Å²) in [5, 5.41) is 7.45. The molecule has 4 amide bonds. The normalized spacial score (nSPS) is 26.2. The summed E-state index contributed by atoms with van der Waals surface area (Å²) >= 11 is 0. The molecule has 32 heavy (non-hydrogen) atoms. The first kappa shape index (κ1) is 20.3. The molecule has 2 aromatic rings. The van der Waals surface area contributed by atoms with E-state index >= 15 is 0 Å². The van der Waals surface area contributed by atoms with Gasteiger partial charge in [0, 0.05) is 49.7 Å². The number of nitrogens with one attached hydrogen (secondary N) is 3. The number of anilines is 2. The summed E-state index contributed by atoms with van der Waals surface area (Å²) in [6.45, 7) is 4.24. The number of nitrogens with zero attached hydrogens (tertiary/aromatic N) is 4. The third-order valence-corrected chi connectivity index (χ3v) is 6.34. The first-order valence-electron chi connectivity index (χ1n) is 10.4. The van der Waals surface area contributed by atoms with Gasteiger partial charge in [0.2, 0.25) is 17.8 Å². The number of rotatable bonds is 2. The van der Waals surface area contributed by atoms with Crippen molar-refractivity contribution in [2.24, 2.45) is 5.41 Å². The summed E-state index contributed by atoms with van der Waals surface area (Å²) in [5.41, 5.74) is 0.735. The average molecular weight is 437 g/mol. The van der Waals surface area contributed by atoms with Gasteiger partial charge >= 0.3 is 6.03 Å². The molecule has 0 saturated carbocycles. The van der Waals surface area contributed by atoms with E-state index in [1.807, 2.05) is 24.8 Å². The van der Waals surface area contributed by atoms with Crippen LogP contribution in [0.25, 0.3) is 11.1 Å². The Labute approximate surface area is 184 Å². The van der Waals surface area contributed by atoms with Crippen molar-refractivity contribution in [3.05, 3.63) is 30.2 Å². The fraction of sp³-hybridized carbons (Fsp3) is 0.429. The Hall–Kier alpha value is -3.60. The van der Waals surface area contributed by atoms with Gasteiger partial charge in [-0.2, -0.15) is 0 Å². The van der Waals surface area contributed by atoms with Gasteiger partial charge in [0.15, 0.2) is 5.41 Å². The Morgan fingerprint density at radius 1 is 1.06 bits per heavy atom. The minimum absolute atomic E-state index is 0.0901. The molecule has 2 saturated heterocycles. The molecule has 11 heteroatoms. The minimum Gasteiger partial charge on any atom is -0.372 e. The van der Waals surface area contributed by atoms with Crippen LogP contribution in [0.15, 0.2) is 24.7 Å². The molecule has 0 bridgehead atoms. The van der Waals surface area contributed by atoms with Gasteiger partial charge in [0.05, 0.1) is 18.2 Å². The number of amides is 4. The number of urea groups is 1. The van der Waals surface area contributed by atoms with Crippen LogP contribution in [0.5, 0.6) is 0 Å². The maximum atomic E-state index is 13.2. The fourth-order valence-corrected chi connectivity index (χ4v) is 5.07. The molecule has 0 radical (unpaired) electrons. The zero-order chi connectivity index (χ0) is 22.6. The van der Waals surface area contributed by atoms with Crippen LogP contribution in [0.3, 0.4) is 0 Å². The number of barbiturate groups is 1. The number of carbonyl (C=O) groups is 3. The van der Waals surface area contributed by atoms with E-state index in [-0.39, 0.29) is 12.5 Å². The van der Waals surface area contributed by atoms with Crippen molar-refractivity contribution >= 4 is 29.6 Å². The van der Waals surface area contributed by atoms with E-state index in [1.165, 1.54) is 0 Å². The van der Waals surface area contributed by atoms with Gasteiger partial charge in [-0.1, -0.05) is 0 Å². The van der Waals surface area contributed by atoms with Gasteiger partial charge < -0.3 is 15.0 Å². The summed E-state index contributed by atoms with van der Waals surface area (Å²) in [5.74, 6) is -0.0392. The molecule has 3 atom stereocenters. The topological polar surface area (TPSA) is 138 Å². The maximum Gasteiger partial charge on any atom is 0.328 e. The molecule has 3 aliphatic heterocycles. The van der Waals surface area contributed by atoms with E-state index < -0.39 is 35.4 Å². The number of hydrogen-bond acceptors (Lipinski definition) is 9. The smallest absolute Gasteiger partial charge is 0.328 e. The third kappa shape index (κ3) is 2.92. The molecular weight excluding hydrogens is 414 g/mol. The number of hydrogen-bond donors (Lipinski definition) is 3. The molecular formula is C21H23N7O4. The SMILES string of the molecule is CNc1ncc(-c2cnc3c(c2)CC2(C(=O)NC(=O)NC2=O)[C@H]2[C@H](C)O[C@H](C)CN32)cn1. The van der Waals surface area contributed by atoms with Crippen LogP contribution >= 0.6 is 0 Å². The highest BCUT2D eigenvalue weighted by molar-refractivity contribution is 6.20. The summed E-state index contributed by atoms with van der Waals surface area (Å²) < 4.78 is 6.00. The molecule has 1 spiro atoms. The van der Waals surface area contributed by atoms with E-state index in [1.54, 1.807) is 25.6 Å². The van der Waals surface area contributed by atoms with Gasteiger partial charge in [-0.05, 0) is 25.5 Å². The molecule has 3 aliphatic rings. The number of morpholine rings is 1. The molecule has 3 N–H and O–H groups in total. The van der Waals surface area contributed by atoms with Crippen molar-refractivity contribution in [2.45, 2.75) is 38.5 Å². The maximum absolute atomic E-state index is 13.2. The van der Waals surface area contributed by atoms with E-state index in [0.29, 0.717) is 18.3 Å². The Morgan fingerprint density at radius 2 is 1.72 bits per heavy atom. The summed E-state index contributed by atoms with van der Waals surface area (Å²) in [7, 11) is 1.74. The molecule has 0 aromatic carbocycles. The van der Waals surface area contributed by atoms with Crippen LogP contribution in [-0.4, -0.2) is 64.6 Å². The van der Waals surface area contributed by atoms with Gasteiger partial charge in [-0.3, -0.25) is 20.2 Å². The zero-order valence-corrected chi connectivity index (χ0v) is 17.9. The lowest BCUT2D eigenvalue weighted by Gasteiger charge is -2.54. The molecule has 2 fully saturated rings. The second kappa shape index (κ2) is 7.23. The second-order valence-corrected chi connectivity index (χ2v) is 8.39. The Bertz CT molecular complexity index is 1100. The monoisotopic (exact) mass is 437 g/mol. The number of aromatic nitrogens is 3. The van der Waals surface area contributed by atoms with Crippen LogP contribution in [-0.2, 0) is 20.7 Å². The van der Waals surface area contributed by atoms with Crippen LogP contribution in [0.4, 0.5) is 16.6 Å². The van der Waals surface area contributed by atoms with Crippen molar-refractivity contribution in [1.29, 1.82) is 0 Å². The largest absolute Gasteiger partial charge is 0.372 e. The Balaban J connectivity index is 1.64. The summed E-state index contributed by atoms with van der Waals surface area (Å²) in [6.07, 6.45) is 4.64. The second-order valence-electron chi connectivity index (χ2n) is 8.39. The molecule has 5 rings (SSSR count). The molecule has 11 nitrogen and oxygen atoms in total. The molecule has 5 heterocycles. The number of imide groups is 2. The lowest BCUT2D eigenvalue weighted by Crippen LogP contribution is -2.75. The lowest BCUT2D eigenvalue weighted by molar-refractivity contribution is -0.153. The zero-order valence-electron chi connectivity index (χ0n) is 17.9. The highest BCUT2D eigenvalue weighted by atomic mass is 16.5. The molecule has 166 valence electrons. The van der Waals surface area contributed by atoms with E-state index in [9.17, 15) is 14.4 Å². The van der Waals surface area contributed by atoms with Crippen LogP contribution in [0, 0.1) is 5.41 Å². The minimum atomic E-state index is -1.52. The summed E-state index contributed by atoms with van der Waals surface area (Å²) in [4.78, 5) is 53.3. The van der Waals surface area contributed by atoms with Gasteiger partial charge in [0.25, 0.3) is 0 Å². The fourth-order valence-electron chi connectivity index (χ4n) is 5.07. The lowest BCUT2D eigenvalue weighted by atomic mass is 9.67. The molecule has 0 aliphatic carbocycles. The Morgan fingerprint density at radius 3 is 2.38 bits per heavy atom. The highest BCUT2D eigenvalue weighted by Crippen LogP contribution is 2.46. The summed E-state index contributed by atoms with van der Waals surface area (Å²) in [6, 6.07) is 0.491. The van der Waals surface area contributed by atoms with Gasteiger partial charge in [-0.25, -0.2) is 19.7 Å². The first-order valence-corrected chi connectivity index (χ1v) is 10.4. The first-order chi connectivity index (χ1) is 15.3. The Kier molecular flexibility index (Phi) is 4.59. The van der Waals surface area contributed by atoms with E-state index in [2.05, 4.69) is 25.9 Å². The number of ether oxygens (including phenoxy) is 1. The predicted molar refractivity (Wildman–Crippen MR) is 114 cm³/mol. The van der Waals surface area contributed by atoms with Crippen molar-refractivity contribution in [3.63, 3.8) is 0 Å². The van der Waals surface area contributed by atoms with Crippen LogP contribution in [0.2, 0.25) is 0 Å². The van der Waals surface area contributed by atoms with Gasteiger partial charge in [0.1, 0.15) is 5.82 Å². The van der Waals surface area contributed by atoms with Crippen molar-refractivity contribution in [3.8, 4) is 11.1 Å². The average Bonchev–Trinajstić information content (AvgIpc) is 2.76. The third-order valence-electron chi connectivity index (χ3n) is 6.34. The van der Waals surface area contributed by atoms with Crippen molar-refractivity contribution in [1.82, 2.24) is 25.6 Å². The van der Waals surface area contributed by atoms with Crippen molar-refractivity contribution in [2.75, 3.05) is 23.8 Å². The molecule has 2 aromatic heterocycles. The van der Waals surface area contributed by atoms with E-state index in [4.69, 9.17) is 9.72 Å². The predicted octanol–water partition coefficient (Wildman–Crippen LogP) is 0.471. The van der Waals surface area contributed by atoms with E-state index in [0.717, 1.165) is 16.7 Å². The number of carbonyl (C=O) groups excluding carboxylic acids is 3. The van der Waals surface area contributed by atoms with Crippen LogP contribution < -0.4 is 20.9 Å². The standard InChI is InChI=1S/C21H23N7O4/c1-10-9-28-15(11(2)32-10)21(17(29)26-20(31)27-18(21)30)5-12-4-13(6-23-16(12)28)14-7-24-19(22-3)25-8-14/h4,6-8,10-11,15H,5,9H2,1-3H3,(H,22,24,25)(H2,26,27,29,30,31)/t10-,11+,15-/m1/s1. The quantitative estimate of drug-likeness (QED) is 0.572. The number of pyridine rings is 1. The molecule has 0 unspecified atom stereocenters. The van der Waals surface area contributed by atoms with Crippen molar-refractivity contribution < 1.29 is 19.1 Å². The highest BCUT2D eigenvalue weighted by Gasteiger charge is 2.63. The van der Waals surface area contributed by atoms with Gasteiger partial charge in [-0.15, -0.1) is 0 Å². The number of fused-ring (bicyclic) bond motifs is 4.